The van der Waals surface area contributed by atoms with Gasteiger partial charge in [0.05, 0.1) is 0 Å². The summed E-state index contributed by atoms with van der Waals surface area (Å²) in [5, 5.41) is 3.32. The van der Waals surface area contributed by atoms with E-state index in [1.54, 1.807) is 6.20 Å². The van der Waals surface area contributed by atoms with Crippen LogP contribution in [0.3, 0.4) is 0 Å². The van der Waals surface area contributed by atoms with Gasteiger partial charge in [-0.2, -0.15) is 0 Å². The topological polar surface area (TPSA) is 63.3 Å². The van der Waals surface area contributed by atoms with E-state index in [-0.39, 0.29) is 24.4 Å². The van der Waals surface area contributed by atoms with Crippen molar-refractivity contribution in [1.29, 1.82) is 0 Å². The summed E-state index contributed by atoms with van der Waals surface area (Å²) in [6, 6.07) is 1.72. The number of furan rings is 1. The minimum atomic E-state index is -0.0901. The number of nitrogens with zero attached hydrogens (tertiary/aromatic N) is 3. The summed E-state index contributed by atoms with van der Waals surface area (Å²) in [7, 11) is 1.94. The lowest BCUT2D eigenvalue weighted by atomic mass is 10.1. The molecule has 0 aromatic carbocycles. The van der Waals surface area contributed by atoms with Crippen molar-refractivity contribution >= 4 is 34.2 Å². The molecule has 22 heavy (non-hydrogen) atoms. The van der Waals surface area contributed by atoms with Gasteiger partial charge in [-0.05, 0) is 28.9 Å². The molecule has 1 amide bonds. The molecule has 1 aliphatic rings. The fourth-order valence-corrected chi connectivity index (χ4v) is 3.17. The predicted octanol–water partition coefficient (Wildman–Crippen LogP) is 2.29. The van der Waals surface area contributed by atoms with Gasteiger partial charge in [0.2, 0.25) is 0 Å². The number of aryl methyl sites for hydroxylation is 2. The van der Waals surface area contributed by atoms with Gasteiger partial charge in [0.15, 0.2) is 10.4 Å². The van der Waals surface area contributed by atoms with Crippen molar-refractivity contribution in [3.8, 4) is 0 Å². The highest BCUT2D eigenvalue weighted by molar-refractivity contribution is 9.10. The zero-order valence-electron chi connectivity index (χ0n) is 12.4. The van der Waals surface area contributed by atoms with Crippen LogP contribution in [0.2, 0.25) is 0 Å². The van der Waals surface area contributed by atoms with Gasteiger partial charge in [0, 0.05) is 44.6 Å². The maximum atomic E-state index is 12.8. The molecule has 3 rings (SSSR count). The normalized spacial score (nSPS) is 18.1. The van der Waals surface area contributed by atoms with Crippen LogP contribution in [0, 0.1) is 6.92 Å². The number of piperazine rings is 1. The van der Waals surface area contributed by atoms with Gasteiger partial charge < -0.3 is 19.2 Å². The summed E-state index contributed by atoms with van der Waals surface area (Å²) < 4.78 is 8.03. The molecule has 2 aromatic heterocycles. The number of hydrogen-bond acceptors (Lipinski definition) is 4. The number of rotatable bonds is 2. The fraction of sp³-hybridized carbons (Fsp3) is 0.429. The highest BCUT2D eigenvalue weighted by Gasteiger charge is 2.33. The molecular formula is C14H18BrClN4O2. The summed E-state index contributed by atoms with van der Waals surface area (Å²) in [6.45, 7) is 3.97. The number of imidazole rings is 1. The van der Waals surface area contributed by atoms with Crippen molar-refractivity contribution in [2.45, 2.75) is 13.0 Å². The molecule has 120 valence electrons. The standard InChI is InChI=1S/C14H17BrN4O2.ClH/c1-9-7-11(15)21-12(9)14(20)19-6-3-16-8-10(19)13-17-4-5-18(13)2;/h4-5,7,10,16H,3,6,8H2,1-2H3;1H. The monoisotopic (exact) mass is 388 g/mol. The molecule has 0 aliphatic carbocycles. The Balaban J connectivity index is 0.00000176. The molecular weight excluding hydrogens is 372 g/mol. The van der Waals surface area contributed by atoms with Gasteiger partial charge in [0.1, 0.15) is 11.9 Å². The molecule has 3 heterocycles. The molecule has 0 spiro atoms. The van der Waals surface area contributed by atoms with Gasteiger partial charge in [-0.15, -0.1) is 12.4 Å². The third-order valence-corrected chi connectivity index (χ3v) is 4.13. The first kappa shape index (κ1) is 17.1. The van der Waals surface area contributed by atoms with Gasteiger partial charge in [-0.3, -0.25) is 4.79 Å². The van der Waals surface area contributed by atoms with Crippen LogP contribution in [-0.4, -0.2) is 40.0 Å². The molecule has 2 aromatic rings. The Morgan fingerprint density at radius 2 is 2.32 bits per heavy atom. The van der Waals surface area contributed by atoms with E-state index in [4.69, 9.17) is 4.42 Å². The maximum Gasteiger partial charge on any atom is 0.290 e. The van der Waals surface area contributed by atoms with Gasteiger partial charge >= 0.3 is 0 Å². The molecule has 1 atom stereocenters. The lowest BCUT2D eigenvalue weighted by Gasteiger charge is -2.35. The van der Waals surface area contributed by atoms with Crippen molar-refractivity contribution < 1.29 is 9.21 Å². The van der Waals surface area contributed by atoms with E-state index in [1.807, 2.05) is 35.7 Å². The second-order valence-corrected chi connectivity index (χ2v) is 5.96. The van der Waals surface area contributed by atoms with Crippen LogP contribution in [0.15, 0.2) is 27.5 Å². The molecule has 1 N–H and O–H groups in total. The zero-order valence-corrected chi connectivity index (χ0v) is 14.8. The number of hydrogen-bond donors (Lipinski definition) is 1. The summed E-state index contributed by atoms with van der Waals surface area (Å²) in [5.41, 5.74) is 0.837. The number of halogens is 2. The quantitative estimate of drug-likeness (QED) is 0.856. The van der Waals surface area contributed by atoms with Crippen LogP contribution in [0.25, 0.3) is 0 Å². The van der Waals surface area contributed by atoms with E-state index in [0.29, 0.717) is 23.5 Å². The van der Waals surface area contributed by atoms with Crippen molar-refractivity contribution in [2.24, 2.45) is 7.05 Å². The highest BCUT2D eigenvalue weighted by Crippen LogP contribution is 2.26. The average Bonchev–Trinajstić information content (AvgIpc) is 3.03. The number of nitrogens with one attached hydrogen (secondary N) is 1. The van der Waals surface area contributed by atoms with Crippen LogP contribution in [-0.2, 0) is 7.05 Å². The smallest absolute Gasteiger partial charge is 0.290 e. The largest absolute Gasteiger partial charge is 0.444 e. The lowest BCUT2D eigenvalue weighted by Crippen LogP contribution is -2.49. The Labute approximate surface area is 143 Å². The SMILES string of the molecule is Cc1cc(Br)oc1C(=O)N1CCNCC1c1nccn1C.Cl. The Morgan fingerprint density at radius 1 is 1.55 bits per heavy atom. The zero-order chi connectivity index (χ0) is 15.0. The van der Waals surface area contributed by atoms with E-state index < -0.39 is 0 Å². The van der Waals surface area contributed by atoms with Crippen LogP contribution in [0.5, 0.6) is 0 Å². The molecule has 1 fully saturated rings. The Bertz CT molecular complexity index is 670. The predicted molar refractivity (Wildman–Crippen MR) is 88.2 cm³/mol. The molecule has 0 bridgehead atoms. The summed E-state index contributed by atoms with van der Waals surface area (Å²) in [5.74, 6) is 1.18. The van der Waals surface area contributed by atoms with Gasteiger partial charge in [-0.1, -0.05) is 0 Å². The molecule has 1 saturated heterocycles. The number of aromatic nitrogens is 2. The molecule has 1 aliphatic heterocycles. The number of carbonyl (C=O) groups excluding carboxylic acids is 1. The number of amides is 1. The van der Waals surface area contributed by atoms with Gasteiger partial charge in [-0.25, -0.2) is 4.98 Å². The summed E-state index contributed by atoms with van der Waals surface area (Å²) in [6.07, 6.45) is 3.64. The van der Waals surface area contributed by atoms with Crippen molar-refractivity contribution in [3.05, 3.63) is 40.3 Å². The highest BCUT2D eigenvalue weighted by atomic mass is 79.9. The van der Waals surface area contributed by atoms with Crippen molar-refractivity contribution in [1.82, 2.24) is 19.8 Å². The van der Waals surface area contributed by atoms with Gasteiger partial charge in [0.25, 0.3) is 5.91 Å². The Kier molecular flexibility index (Phi) is 5.31. The van der Waals surface area contributed by atoms with Crippen LogP contribution in [0.1, 0.15) is 28.0 Å². The van der Waals surface area contributed by atoms with Crippen LogP contribution in [0.4, 0.5) is 0 Å². The molecule has 0 radical (unpaired) electrons. The first-order valence-corrected chi connectivity index (χ1v) is 7.62. The number of carbonyl (C=O) groups is 1. The third kappa shape index (κ3) is 3.06. The van der Waals surface area contributed by atoms with E-state index >= 15 is 0 Å². The van der Waals surface area contributed by atoms with Crippen LogP contribution >= 0.6 is 28.3 Å². The lowest BCUT2D eigenvalue weighted by molar-refractivity contribution is 0.0586. The molecule has 8 heteroatoms. The molecule has 0 saturated carbocycles. The maximum absolute atomic E-state index is 12.8. The fourth-order valence-electron chi connectivity index (χ4n) is 2.66. The van der Waals surface area contributed by atoms with E-state index in [1.165, 1.54) is 0 Å². The Hall–Kier alpha value is -1.31. The Morgan fingerprint density at radius 3 is 2.91 bits per heavy atom. The second-order valence-electron chi connectivity index (χ2n) is 5.18. The third-order valence-electron chi connectivity index (χ3n) is 3.74. The minimum absolute atomic E-state index is 0. The van der Waals surface area contributed by atoms with Crippen molar-refractivity contribution in [2.75, 3.05) is 19.6 Å². The van der Waals surface area contributed by atoms with Crippen molar-refractivity contribution in [3.63, 3.8) is 0 Å². The molecule has 6 nitrogen and oxygen atoms in total. The first-order chi connectivity index (χ1) is 10.1. The van der Waals surface area contributed by atoms with E-state index in [9.17, 15) is 4.79 Å². The summed E-state index contributed by atoms with van der Waals surface area (Å²) in [4.78, 5) is 19.0. The van der Waals surface area contributed by atoms with Crippen LogP contribution < -0.4 is 5.32 Å². The first-order valence-electron chi connectivity index (χ1n) is 6.82. The molecule has 1 unspecified atom stereocenters. The summed E-state index contributed by atoms with van der Waals surface area (Å²) >= 11 is 3.27. The minimum Gasteiger partial charge on any atom is -0.444 e. The average molecular weight is 390 g/mol. The van der Waals surface area contributed by atoms with E-state index in [0.717, 1.165) is 17.9 Å². The van der Waals surface area contributed by atoms with E-state index in [2.05, 4.69) is 26.2 Å². The second kappa shape index (κ2) is 6.85.